The molecule has 0 spiro atoms. The van der Waals surface area contributed by atoms with Crippen molar-refractivity contribution in [3.05, 3.63) is 107 Å². The van der Waals surface area contributed by atoms with Crippen LogP contribution in [-0.4, -0.2) is 26.9 Å². The van der Waals surface area contributed by atoms with Gasteiger partial charge in [0, 0.05) is 19.0 Å². The maximum atomic E-state index is 13.4. The zero-order valence-corrected chi connectivity index (χ0v) is 25.3. The molecule has 1 unspecified atom stereocenters. The second-order valence-corrected chi connectivity index (χ2v) is 13.4. The summed E-state index contributed by atoms with van der Waals surface area (Å²) in [5, 5.41) is 6.69. The smallest absolute Gasteiger partial charge is 0.349 e. The second-order valence-electron chi connectivity index (χ2n) is 11.7. The molecule has 0 aromatic heterocycles. The molecule has 3 N–H and O–H groups in total. The van der Waals surface area contributed by atoms with Gasteiger partial charge in [0.2, 0.25) is 15.9 Å². The van der Waals surface area contributed by atoms with Crippen LogP contribution in [0.3, 0.4) is 0 Å². The zero-order chi connectivity index (χ0) is 31.3. The molecule has 5 rings (SSSR count). The van der Waals surface area contributed by atoms with Gasteiger partial charge in [0.1, 0.15) is 0 Å². The maximum Gasteiger partial charge on any atom is 0.416 e. The van der Waals surface area contributed by atoms with E-state index in [2.05, 4.69) is 28.0 Å². The quantitative estimate of drug-likeness (QED) is 0.218. The van der Waals surface area contributed by atoms with Gasteiger partial charge in [-0.1, -0.05) is 74.0 Å². The number of halogens is 3. The molecule has 0 heterocycles. The van der Waals surface area contributed by atoms with E-state index in [0.717, 1.165) is 66.3 Å². The highest BCUT2D eigenvalue weighted by Crippen LogP contribution is 2.33. The van der Waals surface area contributed by atoms with Gasteiger partial charge in [0.15, 0.2) is 0 Å². The van der Waals surface area contributed by atoms with E-state index >= 15 is 0 Å². The average molecular weight is 626 g/mol. The Morgan fingerprint density at radius 2 is 1.68 bits per heavy atom. The van der Waals surface area contributed by atoms with Crippen molar-refractivity contribution in [2.24, 2.45) is 0 Å². The lowest BCUT2D eigenvalue weighted by atomic mass is 9.85. The summed E-state index contributed by atoms with van der Waals surface area (Å²) < 4.78 is 68.7. The van der Waals surface area contributed by atoms with E-state index in [9.17, 15) is 26.4 Å². The predicted octanol–water partition coefficient (Wildman–Crippen LogP) is 6.85. The molecular formula is C34H38F3N3O3S. The topological polar surface area (TPSA) is 87.3 Å². The normalized spacial score (nSPS) is 18.0. The Kier molecular flexibility index (Phi) is 9.92. The Balaban J connectivity index is 1.28. The van der Waals surface area contributed by atoms with Crippen molar-refractivity contribution in [1.29, 1.82) is 0 Å². The summed E-state index contributed by atoms with van der Waals surface area (Å²) in [6.07, 6.45) is 2.55. The van der Waals surface area contributed by atoms with Crippen LogP contribution < -0.4 is 15.4 Å². The third-order valence-corrected chi connectivity index (χ3v) is 9.99. The van der Waals surface area contributed by atoms with E-state index in [1.807, 2.05) is 12.1 Å². The highest BCUT2D eigenvalue weighted by atomic mass is 32.2. The van der Waals surface area contributed by atoms with Crippen LogP contribution in [0.5, 0.6) is 0 Å². The first-order chi connectivity index (χ1) is 21.0. The van der Waals surface area contributed by atoms with E-state index in [0.29, 0.717) is 17.7 Å². The minimum absolute atomic E-state index is 0.226. The number of carbonyl (C=O) groups is 1. The van der Waals surface area contributed by atoms with Gasteiger partial charge in [-0.3, -0.25) is 4.79 Å². The fraction of sp³-hybridized carbons (Fsp3) is 0.382. The van der Waals surface area contributed by atoms with Gasteiger partial charge in [-0.2, -0.15) is 13.2 Å². The molecule has 0 saturated heterocycles. The van der Waals surface area contributed by atoms with Gasteiger partial charge >= 0.3 is 6.18 Å². The average Bonchev–Trinajstić information content (AvgIpc) is 3.53. The van der Waals surface area contributed by atoms with E-state index < -0.39 is 32.7 Å². The Hall–Kier alpha value is -3.47. The third kappa shape index (κ3) is 7.97. The van der Waals surface area contributed by atoms with Gasteiger partial charge in [0.25, 0.3) is 0 Å². The lowest BCUT2D eigenvalue weighted by molar-refractivity contribution is -0.137. The lowest BCUT2D eigenvalue weighted by Crippen LogP contribution is -2.36. The summed E-state index contributed by atoms with van der Waals surface area (Å²) in [6.45, 7) is 5.02. The summed E-state index contributed by atoms with van der Waals surface area (Å²) in [4.78, 5) is 12.9. The summed E-state index contributed by atoms with van der Waals surface area (Å²) >= 11 is 0. The van der Waals surface area contributed by atoms with E-state index in [1.54, 1.807) is 30.3 Å². The molecule has 2 aliphatic carbocycles. The zero-order valence-electron chi connectivity index (χ0n) is 24.5. The first kappa shape index (κ1) is 31.9. The van der Waals surface area contributed by atoms with Crippen molar-refractivity contribution in [1.82, 2.24) is 15.4 Å². The monoisotopic (exact) mass is 625 g/mol. The summed E-state index contributed by atoms with van der Waals surface area (Å²) in [7, 11) is -4.38. The number of benzene rings is 3. The molecule has 2 aliphatic rings. The van der Waals surface area contributed by atoms with Crippen LogP contribution >= 0.6 is 0 Å². The van der Waals surface area contributed by atoms with Crippen LogP contribution in [-0.2, 0) is 27.4 Å². The number of carbonyl (C=O) groups excluding carboxylic acids is 1. The molecule has 0 radical (unpaired) electrons. The highest BCUT2D eigenvalue weighted by molar-refractivity contribution is 7.89. The Labute approximate surface area is 257 Å². The fourth-order valence-corrected chi connectivity index (χ4v) is 7.40. The van der Waals surface area contributed by atoms with Gasteiger partial charge in [-0.15, -0.1) is 0 Å². The molecule has 1 saturated carbocycles. The van der Waals surface area contributed by atoms with Crippen molar-refractivity contribution >= 4 is 21.5 Å². The van der Waals surface area contributed by atoms with Gasteiger partial charge in [-0.05, 0) is 78.1 Å². The molecule has 2 atom stereocenters. The van der Waals surface area contributed by atoms with Crippen molar-refractivity contribution in [3.8, 4) is 0 Å². The van der Waals surface area contributed by atoms with E-state index in [1.165, 1.54) is 25.7 Å². The number of nitrogens with one attached hydrogen (secondary N) is 3. The first-order valence-electron chi connectivity index (χ1n) is 15.1. The number of sulfonamides is 1. The summed E-state index contributed by atoms with van der Waals surface area (Å²) in [5.41, 5.74) is 3.76. The van der Waals surface area contributed by atoms with E-state index in [4.69, 9.17) is 0 Å². The van der Waals surface area contributed by atoms with Crippen molar-refractivity contribution in [2.75, 3.05) is 6.54 Å². The molecule has 0 aliphatic heterocycles. The molecule has 0 bridgehead atoms. The molecule has 234 valence electrons. The molecule has 1 fully saturated rings. The SMILES string of the molecule is C=C(CNC1CCCC1)c1ccc2c(c1)CCC[C@H]2NC(=O)CC(NS(=O)(=O)c1cccc(C(F)(F)F)c1)c1ccccc1. The van der Waals surface area contributed by atoms with Crippen LogP contribution in [0, 0.1) is 0 Å². The van der Waals surface area contributed by atoms with Crippen LogP contribution in [0.1, 0.15) is 84.8 Å². The summed E-state index contributed by atoms with van der Waals surface area (Å²) in [6, 6.07) is 17.7. The molecular weight excluding hydrogens is 587 g/mol. The standard InChI is InChI=1S/C34H38F3N3O3S/c1-23(22-38-28-13-5-6-14-28)25-17-18-30-26(19-25)11-7-16-31(30)39-33(41)21-32(24-9-3-2-4-10-24)40-44(42,43)29-15-8-12-27(20-29)34(35,36)37/h2-4,8-10,12,15,17-20,28,31-32,38,40H,1,5-7,11,13-14,16,21-22H2,(H,39,41)/t31-,32?/m1/s1. The van der Waals surface area contributed by atoms with Crippen molar-refractivity contribution in [3.63, 3.8) is 0 Å². The number of aryl methyl sites for hydroxylation is 1. The fourth-order valence-electron chi connectivity index (χ4n) is 6.13. The first-order valence-corrected chi connectivity index (χ1v) is 16.6. The number of fused-ring (bicyclic) bond motifs is 1. The molecule has 3 aromatic carbocycles. The van der Waals surface area contributed by atoms with Crippen LogP contribution in [0.25, 0.3) is 5.57 Å². The molecule has 10 heteroatoms. The van der Waals surface area contributed by atoms with Crippen LogP contribution in [0.15, 0.2) is 84.3 Å². The Morgan fingerprint density at radius 1 is 0.932 bits per heavy atom. The number of hydrogen-bond donors (Lipinski definition) is 3. The predicted molar refractivity (Wildman–Crippen MR) is 165 cm³/mol. The molecule has 1 amide bonds. The number of alkyl halides is 3. The van der Waals surface area contributed by atoms with Crippen LogP contribution in [0.4, 0.5) is 13.2 Å². The molecule has 3 aromatic rings. The highest BCUT2D eigenvalue weighted by Gasteiger charge is 2.33. The lowest BCUT2D eigenvalue weighted by Gasteiger charge is -2.28. The minimum Gasteiger partial charge on any atom is -0.349 e. The second kappa shape index (κ2) is 13.7. The minimum atomic E-state index is -4.69. The molecule has 44 heavy (non-hydrogen) atoms. The number of rotatable bonds is 11. The molecule has 6 nitrogen and oxygen atoms in total. The summed E-state index contributed by atoms with van der Waals surface area (Å²) in [5.74, 6) is -0.363. The maximum absolute atomic E-state index is 13.4. The number of amides is 1. The largest absolute Gasteiger partial charge is 0.416 e. The van der Waals surface area contributed by atoms with Crippen molar-refractivity contribution < 1.29 is 26.4 Å². The Bertz CT molecular complexity index is 1590. The third-order valence-electron chi connectivity index (χ3n) is 8.52. The van der Waals surface area contributed by atoms with Gasteiger partial charge in [-0.25, -0.2) is 13.1 Å². The van der Waals surface area contributed by atoms with E-state index in [-0.39, 0.29) is 18.4 Å². The Morgan fingerprint density at radius 3 is 2.41 bits per heavy atom. The van der Waals surface area contributed by atoms with Crippen molar-refractivity contribution in [2.45, 2.75) is 80.6 Å². The van der Waals surface area contributed by atoms with Gasteiger partial charge < -0.3 is 10.6 Å². The number of hydrogen-bond acceptors (Lipinski definition) is 4. The van der Waals surface area contributed by atoms with Crippen LogP contribution in [0.2, 0.25) is 0 Å². The van der Waals surface area contributed by atoms with Gasteiger partial charge in [0.05, 0.1) is 22.5 Å².